The van der Waals surface area contributed by atoms with E-state index in [1.54, 1.807) is 0 Å². The number of hydrogen-bond donors (Lipinski definition) is 1. The molecule has 1 amide bonds. The number of likely N-dealkylation sites (N-methyl/N-ethyl adjacent to an activating group) is 1. The van der Waals surface area contributed by atoms with Gasteiger partial charge >= 0.3 is 0 Å². The normalized spacial score (nSPS) is 36.3. The largest absolute Gasteiger partial charge is 0.341 e. The first kappa shape index (κ1) is 13.4. The molecule has 3 fully saturated rings. The maximum atomic E-state index is 12.5. The monoisotopic (exact) mass is 265 g/mol. The smallest absolute Gasteiger partial charge is 0.224 e. The van der Waals surface area contributed by atoms with Gasteiger partial charge < -0.3 is 10.2 Å². The van der Waals surface area contributed by atoms with Crippen molar-refractivity contribution in [3.8, 4) is 0 Å². The summed E-state index contributed by atoms with van der Waals surface area (Å²) in [7, 11) is 2.24. The highest BCUT2D eigenvalue weighted by atomic mass is 16.2. The highest BCUT2D eigenvalue weighted by Gasteiger charge is 2.36. The van der Waals surface area contributed by atoms with Crippen molar-refractivity contribution in [3.05, 3.63) is 0 Å². The third-order valence-corrected chi connectivity index (χ3v) is 5.33. The van der Waals surface area contributed by atoms with Gasteiger partial charge in [-0.15, -0.1) is 0 Å². The SMILES string of the molecule is CN1C2CCC1CN(C(=O)CC1CCCCN1)CC2. The van der Waals surface area contributed by atoms with Crippen molar-refractivity contribution >= 4 is 5.91 Å². The summed E-state index contributed by atoms with van der Waals surface area (Å²) in [5.41, 5.74) is 0. The predicted octanol–water partition coefficient (Wildman–Crippen LogP) is 1.21. The first-order valence-electron chi connectivity index (χ1n) is 7.97. The first-order chi connectivity index (χ1) is 9.24. The van der Waals surface area contributed by atoms with E-state index in [-0.39, 0.29) is 0 Å². The predicted molar refractivity (Wildman–Crippen MR) is 76.0 cm³/mol. The second-order valence-electron chi connectivity index (χ2n) is 6.53. The van der Waals surface area contributed by atoms with Gasteiger partial charge in [-0.2, -0.15) is 0 Å². The minimum atomic E-state index is 0.375. The molecule has 108 valence electrons. The molecule has 1 N–H and O–H groups in total. The molecule has 19 heavy (non-hydrogen) atoms. The maximum absolute atomic E-state index is 12.5. The van der Waals surface area contributed by atoms with Crippen LogP contribution in [0.4, 0.5) is 0 Å². The molecule has 4 nitrogen and oxygen atoms in total. The van der Waals surface area contributed by atoms with Gasteiger partial charge in [0.1, 0.15) is 0 Å². The van der Waals surface area contributed by atoms with E-state index in [9.17, 15) is 4.79 Å². The van der Waals surface area contributed by atoms with Crippen LogP contribution in [0.5, 0.6) is 0 Å². The number of nitrogens with zero attached hydrogens (tertiary/aromatic N) is 2. The van der Waals surface area contributed by atoms with E-state index in [4.69, 9.17) is 0 Å². The molecule has 3 aliphatic heterocycles. The summed E-state index contributed by atoms with van der Waals surface area (Å²) in [6.45, 7) is 3.01. The highest BCUT2D eigenvalue weighted by Crippen LogP contribution is 2.28. The van der Waals surface area contributed by atoms with Crippen molar-refractivity contribution in [1.29, 1.82) is 0 Å². The van der Waals surface area contributed by atoms with Crippen molar-refractivity contribution in [1.82, 2.24) is 15.1 Å². The summed E-state index contributed by atoms with van der Waals surface area (Å²) < 4.78 is 0. The molecular formula is C15H27N3O. The summed E-state index contributed by atoms with van der Waals surface area (Å²) in [6.07, 6.45) is 8.19. The molecule has 3 heterocycles. The zero-order valence-electron chi connectivity index (χ0n) is 12.1. The molecule has 2 bridgehead atoms. The lowest BCUT2D eigenvalue weighted by Gasteiger charge is -2.29. The molecule has 3 saturated heterocycles. The first-order valence-corrected chi connectivity index (χ1v) is 7.97. The Bertz CT molecular complexity index is 327. The number of rotatable bonds is 2. The summed E-state index contributed by atoms with van der Waals surface area (Å²) >= 11 is 0. The van der Waals surface area contributed by atoms with Crippen molar-refractivity contribution in [2.45, 2.75) is 63.1 Å². The van der Waals surface area contributed by atoms with Gasteiger partial charge in [0, 0.05) is 37.6 Å². The number of amides is 1. The van der Waals surface area contributed by atoms with Crippen LogP contribution in [0.1, 0.15) is 44.9 Å². The molecule has 0 aromatic heterocycles. The summed E-state index contributed by atoms with van der Waals surface area (Å²) in [5.74, 6) is 0.375. The quantitative estimate of drug-likeness (QED) is 0.815. The summed E-state index contributed by atoms with van der Waals surface area (Å²) in [6, 6.07) is 1.76. The Morgan fingerprint density at radius 3 is 2.79 bits per heavy atom. The minimum Gasteiger partial charge on any atom is -0.341 e. The van der Waals surface area contributed by atoms with Crippen LogP contribution >= 0.6 is 0 Å². The van der Waals surface area contributed by atoms with Crippen LogP contribution < -0.4 is 5.32 Å². The van der Waals surface area contributed by atoms with Crippen molar-refractivity contribution < 1.29 is 4.79 Å². The minimum absolute atomic E-state index is 0.375. The third-order valence-electron chi connectivity index (χ3n) is 5.33. The molecule has 3 unspecified atom stereocenters. The van der Waals surface area contributed by atoms with Gasteiger partial charge in [0.25, 0.3) is 0 Å². The van der Waals surface area contributed by atoms with Crippen LogP contribution in [-0.4, -0.2) is 60.5 Å². The Balaban J connectivity index is 1.55. The van der Waals surface area contributed by atoms with E-state index in [1.165, 1.54) is 32.1 Å². The third kappa shape index (κ3) is 2.95. The van der Waals surface area contributed by atoms with E-state index in [0.29, 0.717) is 24.4 Å². The molecule has 4 heteroatoms. The fraction of sp³-hybridized carbons (Fsp3) is 0.933. The second kappa shape index (κ2) is 5.80. The van der Waals surface area contributed by atoms with Crippen LogP contribution in [0.2, 0.25) is 0 Å². The number of carbonyl (C=O) groups excluding carboxylic acids is 1. The Morgan fingerprint density at radius 2 is 2.00 bits per heavy atom. The lowest BCUT2D eigenvalue weighted by atomic mass is 10.0. The molecule has 3 rings (SSSR count). The van der Waals surface area contributed by atoms with E-state index in [0.717, 1.165) is 32.1 Å². The Hall–Kier alpha value is -0.610. The molecule has 0 aromatic rings. The van der Waals surface area contributed by atoms with Crippen LogP contribution in [-0.2, 0) is 4.79 Å². The van der Waals surface area contributed by atoms with Crippen molar-refractivity contribution in [2.24, 2.45) is 0 Å². The zero-order valence-corrected chi connectivity index (χ0v) is 12.1. The molecule has 3 atom stereocenters. The highest BCUT2D eigenvalue weighted by molar-refractivity contribution is 5.77. The molecule has 0 radical (unpaired) electrons. The van der Waals surface area contributed by atoms with E-state index in [1.807, 2.05) is 0 Å². The van der Waals surface area contributed by atoms with E-state index < -0.39 is 0 Å². The zero-order chi connectivity index (χ0) is 13.2. The van der Waals surface area contributed by atoms with Crippen LogP contribution in [0.15, 0.2) is 0 Å². The van der Waals surface area contributed by atoms with Crippen LogP contribution in [0.3, 0.4) is 0 Å². The average molecular weight is 265 g/mol. The number of hydrogen-bond acceptors (Lipinski definition) is 3. The number of likely N-dealkylation sites (tertiary alicyclic amines) is 1. The number of nitrogens with one attached hydrogen (secondary N) is 1. The lowest BCUT2D eigenvalue weighted by molar-refractivity contribution is -0.132. The fourth-order valence-corrected chi connectivity index (χ4v) is 3.97. The standard InChI is InChI=1S/C15H27N3O/c1-17-13-5-6-14(17)11-18(9-7-13)15(19)10-12-4-2-3-8-16-12/h12-14,16H,2-11H2,1H3. The molecule has 0 saturated carbocycles. The Labute approximate surface area is 116 Å². The molecular weight excluding hydrogens is 238 g/mol. The van der Waals surface area contributed by atoms with E-state index in [2.05, 4.69) is 22.2 Å². The van der Waals surface area contributed by atoms with Gasteiger partial charge in [-0.05, 0) is 45.7 Å². The Kier molecular flexibility index (Phi) is 4.08. The molecule has 3 aliphatic rings. The molecule has 0 aliphatic carbocycles. The second-order valence-corrected chi connectivity index (χ2v) is 6.53. The van der Waals surface area contributed by atoms with E-state index >= 15 is 0 Å². The molecule has 0 aromatic carbocycles. The van der Waals surface area contributed by atoms with Crippen molar-refractivity contribution in [2.75, 3.05) is 26.7 Å². The molecule has 0 spiro atoms. The number of fused-ring (bicyclic) bond motifs is 2. The fourth-order valence-electron chi connectivity index (χ4n) is 3.97. The topological polar surface area (TPSA) is 35.6 Å². The van der Waals surface area contributed by atoms with Crippen LogP contribution in [0.25, 0.3) is 0 Å². The van der Waals surface area contributed by atoms with Gasteiger partial charge in [-0.1, -0.05) is 6.42 Å². The van der Waals surface area contributed by atoms with Gasteiger partial charge in [0.05, 0.1) is 0 Å². The van der Waals surface area contributed by atoms with Crippen LogP contribution in [0, 0.1) is 0 Å². The van der Waals surface area contributed by atoms with Gasteiger partial charge in [-0.25, -0.2) is 0 Å². The summed E-state index contributed by atoms with van der Waals surface area (Å²) in [5, 5.41) is 3.49. The van der Waals surface area contributed by atoms with Gasteiger partial charge in [0.2, 0.25) is 5.91 Å². The number of piperidine rings is 1. The van der Waals surface area contributed by atoms with Gasteiger partial charge in [-0.3, -0.25) is 9.69 Å². The van der Waals surface area contributed by atoms with Crippen molar-refractivity contribution in [3.63, 3.8) is 0 Å². The summed E-state index contributed by atoms with van der Waals surface area (Å²) in [4.78, 5) is 17.1. The number of carbonyl (C=O) groups is 1. The van der Waals surface area contributed by atoms with Gasteiger partial charge in [0.15, 0.2) is 0 Å². The maximum Gasteiger partial charge on any atom is 0.224 e. The lowest BCUT2D eigenvalue weighted by Crippen LogP contribution is -2.43. The average Bonchev–Trinajstić information content (AvgIpc) is 2.64. The Morgan fingerprint density at radius 1 is 1.16 bits per heavy atom.